The second-order valence-electron chi connectivity index (χ2n) is 11.0. The third kappa shape index (κ3) is 16.2. The van der Waals surface area contributed by atoms with Crippen molar-refractivity contribution in [1.82, 2.24) is 10.6 Å². The summed E-state index contributed by atoms with van der Waals surface area (Å²) in [6.45, 7) is -7.09. The molecule has 12 nitrogen and oxygen atoms in total. The van der Waals surface area contributed by atoms with Gasteiger partial charge in [-0.25, -0.2) is 31.9 Å². The largest absolute Gasteiger partial charge is 0.463 e. The van der Waals surface area contributed by atoms with E-state index in [0.717, 1.165) is 0 Å². The molecular weight excluding hydrogens is 866 g/mol. The molecule has 1 amide bonds. The number of halogens is 18. The maximum atomic E-state index is 14.0. The van der Waals surface area contributed by atoms with Gasteiger partial charge in [-0.15, -0.1) is 0 Å². The zero-order valence-corrected chi connectivity index (χ0v) is 28.7. The van der Waals surface area contributed by atoms with Gasteiger partial charge in [0.15, 0.2) is 13.2 Å². The Bertz CT molecular complexity index is 1400. The van der Waals surface area contributed by atoms with Gasteiger partial charge in [0.2, 0.25) is 0 Å². The highest BCUT2D eigenvalue weighted by Crippen LogP contribution is 2.49. The SMILES string of the molecule is C=CC(=O)OCCCC(=O)OCC(F)(F)C(F)(F)C(F)(F)OC(F)C(F)(F)CC(F)CNC(F)(F)COC(F)(F)C(F)(F)C(F)(F)COC(=O)NCCOC(=O)C=C. The van der Waals surface area contributed by atoms with Gasteiger partial charge in [0.1, 0.15) is 19.4 Å². The standard InChI is InChI=1S/C28H30F18N2O10/c1-3-16(49)53-8-5-6-18(51)55-12-22(33,34)26(41,42)28(45,46)58-19(30)21(31,32)10-15(29)11-48-24(37,38)14-57-27(43,44)25(39,40)23(35,36)13-56-20(52)47-7-9-54-17(50)4-2/h3-4,15,19,48H,1-2,5-14H2,(H,47,52). The molecule has 0 fully saturated rings. The van der Waals surface area contributed by atoms with E-state index in [9.17, 15) is 98.2 Å². The summed E-state index contributed by atoms with van der Waals surface area (Å²) in [4.78, 5) is 44.3. The number of alkyl carbamates (subject to hydrolysis) is 1. The molecule has 0 aliphatic rings. The van der Waals surface area contributed by atoms with Crippen LogP contribution in [-0.4, -0.2) is 131 Å². The number of ether oxygens (including phenoxy) is 6. The van der Waals surface area contributed by atoms with Crippen LogP contribution in [0.5, 0.6) is 0 Å². The van der Waals surface area contributed by atoms with E-state index in [1.165, 1.54) is 0 Å². The summed E-state index contributed by atoms with van der Waals surface area (Å²) in [6.07, 6.45) is -27.3. The summed E-state index contributed by atoms with van der Waals surface area (Å²) in [6, 6.07) is -5.26. The van der Waals surface area contributed by atoms with Crippen LogP contribution in [0.25, 0.3) is 0 Å². The first-order chi connectivity index (χ1) is 26.1. The molecule has 2 N–H and O–H groups in total. The Hall–Kier alpha value is -4.22. The Labute approximate surface area is 313 Å². The lowest BCUT2D eigenvalue weighted by atomic mass is 10.1. The molecule has 0 saturated carbocycles. The highest BCUT2D eigenvalue weighted by molar-refractivity contribution is 5.81. The summed E-state index contributed by atoms with van der Waals surface area (Å²) < 4.78 is 271. The van der Waals surface area contributed by atoms with Gasteiger partial charge in [0.25, 0.3) is 6.36 Å². The topological polar surface area (TPSA) is 148 Å². The molecule has 0 saturated heterocycles. The Morgan fingerprint density at radius 2 is 1.12 bits per heavy atom. The molecule has 0 aliphatic carbocycles. The fraction of sp³-hybridized carbons (Fsp3) is 0.714. The number of alkyl halides is 18. The maximum Gasteiger partial charge on any atom is 0.428 e. The Kier molecular flexibility index (Phi) is 19.6. The first-order valence-electron chi connectivity index (χ1n) is 15.2. The average molecular weight is 897 g/mol. The number of nitrogens with one attached hydrogen (secondary N) is 2. The van der Waals surface area contributed by atoms with E-state index in [4.69, 9.17) is 0 Å². The molecule has 2 unspecified atom stereocenters. The summed E-state index contributed by atoms with van der Waals surface area (Å²) in [5, 5.41) is 2.01. The molecule has 0 aromatic carbocycles. The van der Waals surface area contributed by atoms with Gasteiger partial charge in [-0.1, -0.05) is 13.2 Å². The molecular formula is C28H30F18N2O10. The fourth-order valence-corrected chi connectivity index (χ4v) is 3.20. The van der Waals surface area contributed by atoms with E-state index < -0.39 is 150 Å². The summed E-state index contributed by atoms with van der Waals surface area (Å²) in [5.74, 6) is -35.7. The minimum atomic E-state index is -6.98. The molecule has 0 radical (unpaired) electrons. The van der Waals surface area contributed by atoms with E-state index in [-0.39, 0.29) is 0 Å². The van der Waals surface area contributed by atoms with Crippen LogP contribution in [0.15, 0.2) is 25.3 Å². The van der Waals surface area contributed by atoms with Crippen molar-refractivity contribution < 1.29 is 127 Å². The molecule has 0 bridgehead atoms. The van der Waals surface area contributed by atoms with Gasteiger partial charge in [0, 0.05) is 31.5 Å². The van der Waals surface area contributed by atoms with Gasteiger partial charge in [-0.3, -0.25) is 14.8 Å². The smallest absolute Gasteiger partial charge is 0.428 e. The number of carbonyl (C=O) groups is 4. The van der Waals surface area contributed by atoms with Crippen LogP contribution < -0.4 is 10.6 Å². The highest BCUT2D eigenvalue weighted by atomic mass is 19.4. The second-order valence-corrected chi connectivity index (χ2v) is 11.0. The number of hydrogen-bond acceptors (Lipinski definition) is 11. The first-order valence-corrected chi connectivity index (χ1v) is 15.2. The van der Waals surface area contributed by atoms with Crippen LogP contribution in [0.3, 0.4) is 0 Å². The van der Waals surface area contributed by atoms with Gasteiger partial charge >= 0.3 is 71.9 Å². The lowest BCUT2D eigenvalue weighted by molar-refractivity contribution is -0.434. The normalized spacial score (nSPS) is 14.5. The average Bonchev–Trinajstić information content (AvgIpc) is 3.11. The van der Waals surface area contributed by atoms with Crippen LogP contribution in [0.4, 0.5) is 83.8 Å². The van der Waals surface area contributed by atoms with Crippen LogP contribution in [-0.2, 0) is 42.8 Å². The predicted molar refractivity (Wildman–Crippen MR) is 151 cm³/mol. The Morgan fingerprint density at radius 1 is 0.638 bits per heavy atom. The predicted octanol–water partition coefficient (Wildman–Crippen LogP) is 6.10. The van der Waals surface area contributed by atoms with Gasteiger partial charge < -0.3 is 29.0 Å². The van der Waals surface area contributed by atoms with Gasteiger partial charge in [-0.2, -0.15) is 61.5 Å². The summed E-state index contributed by atoms with van der Waals surface area (Å²) in [5.41, 5.74) is 0. The van der Waals surface area contributed by atoms with E-state index in [2.05, 4.69) is 41.6 Å². The van der Waals surface area contributed by atoms with Crippen molar-refractivity contribution in [1.29, 1.82) is 0 Å². The fourth-order valence-electron chi connectivity index (χ4n) is 3.20. The zero-order chi connectivity index (χ0) is 45.6. The molecule has 0 aliphatic heterocycles. The lowest BCUT2D eigenvalue weighted by Crippen LogP contribution is -2.59. The van der Waals surface area contributed by atoms with E-state index >= 15 is 0 Å². The van der Waals surface area contributed by atoms with E-state index in [0.29, 0.717) is 17.5 Å². The molecule has 0 spiro atoms. The van der Waals surface area contributed by atoms with Crippen molar-refractivity contribution in [3.63, 3.8) is 0 Å². The molecule has 0 rings (SSSR count). The first kappa shape index (κ1) is 53.8. The molecule has 338 valence electrons. The molecule has 0 heterocycles. The number of rotatable bonds is 28. The number of hydrogen-bond donors (Lipinski definition) is 2. The highest BCUT2D eigenvalue weighted by Gasteiger charge is 2.75. The molecule has 30 heteroatoms. The third-order valence-electron chi connectivity index (χ3n) is 6.26. The lowest BCUT2D eigenvalue weighted by Gasteiger charge is -2.34. The van der Waals surface area contributed by atoms with Crippen molar-refractivity contribution in [2.24, 2.45) is 0 Å². The maximum absolute atomic E-state index is 14.0. The van der Waals surface area contributed by atoms with Crippen molar-refractivity contribution in [3.05, 3.63) is 25.3 Å². The minimum Gasteiger partial charge on any atom is -0.463 e. The molecule has 0 aromatic heterocycles. The van der Waals surface area contributed by atoms with Crippen molar-refractivity contribution in [2.75, 3.05) is 46.1 Å². The van der Waals surface area contributed by atoms with E-state index in [1.807, 2.05) is 0 Å². The van der Waals surface area contributed by atoms with Crippen LogP contribution in [0.1, 0.15) is 19.3 Å². The minimum absolute atomic E-state index is 0.453. The van der Waals surface area contributed by atoms with Crippen molar-refractivity contribution in [2.45, 2.75) is 79.7 Å². The van der Waals surface area contributed by atoms with Crippen LogP contribution in [0, 0.1) is 0 Å². The Balaban J connectivity index is 5.24. The van der Waals surface area contributed by atoms with Gasteiger partial charge in [0.05, 0.1) is 13.2 Å². The monoisotopic (exact) mass is 896 g/mol. The third-order valence-corrected chi connectivity index (χ3v) is 6.26. The van der Waals surface area contributed by atoms with Crippen molar-refractivity contribution in [3.8, 4) is 0 Å². The summed E-state index contributed by atoms with van der Waals surface area (Å²) >= 11 is 0. The number of carbonyl (C=O) groups excluding carboxylic acids is 4. The molecule has 58 heavy (non-hydrogen) atoms. The Morgan fingerprint density at radius 3 is 1.64 bits per heavy atom. The molecule has 0 aromatic rings. The summed E-state index contributed by atoms with van der Waals surface area (Å²) in [7, 11) is 0. The molecule has 2 atom stereocenters. The second kappa shape index (κ2) is 21.2. The van der Waals surface area contributed by atoms with Gasteiger partial charge in [-0.05, 0) is 6.42 Å². The quantitative estimate of drug-likeness (QED) is 0.0235. The van der Waals surface area contributed by atoms with E-state index in [1.54, 1.807) is 5.32 Å². The van der Waals surface area contributed by atoms with Crippen LogP contribution in [0.2, 0.25) is 0 Å². The zero-order valence-electron chi connectivity index (χ0n) is 28.7. The van der Waals surface area contributed by atoms with Crippen LogP contribution >= 0.6 is 0 Å². The number of esters is 3. The number of amides is 1. The van der Waals surface area contributed by atoms with Crippen molar-refractivity contribution >= 4 is 24.0 Å².